The third kappa shape index (κ3) is 7.64. The Bertz CT molecular complexity index is 178. The van der Waals surface area contributed by atoms with E-state index >= 15 is 0 Å². The zero-order valence-electron chi connectivity index (χ0n) is 9.44. The number of aliphatic hydroxyl groups is 1. The van der Waals surface area contributed by atoms with Crippen molar-refractivity contribution in [3.05, 3.63) is 0 Å². The Kier molecular flexibility index (Phi) is 8.85. The molecule has 90 valence electrons. The first kappa shape index (κ1) is 14.7. The molecule has 0 heterocycles. The van der Waals surface area contributed by atoms with E-state index in [0.29, 0.717) is 18.3 Å². The van der Waals surface area contributed by atoms with Crippen LogP contribution in [0.4, 0.5) is 0 Å². The molecule has 0 aromatic rings. The lowest BCUT2D eigenvalue weighted by atomic mass is 10.2. The molecule has 2 unspecified atom stereocenters. The van der Waals surface area contributed by atoms with E-state index in [4.69, 9.17) is 15.6 Å². The van der Waals surface area contributed by atoms with Crippen molar-refractivity contribution in [2.24, 2.45) is 5.73 Å². The van der Waals surface area contributed by atoms with Crippen LogP contribution in [0.5, 0.6) is 0 Å². The summed E-state index contributed by atoms with van der Waals surface area (Å²) in [6, 6.07) is -0.515. The second kappa shape index (κ2) is 9.00. The molecule has 5 heteroatoms. The van der Waals surface area contributed by atoms with Gasteiger partial charge in [0, 0.05) is 11.9 Å². The largest absolute Gasteiger partial charge is 0.465 e. The fourth-order valence-electron chi connectivity index (χ4n) is 1.03. The van der Waals surface area contributed by atoms with E-state index in [1.54, 1.807) is 18.7 Å². The molecule has 0 spiro atoms. The predicted octanol–water partition coefficient (Wildman–Crippen LogP) is 0.771. The highest BCUT2D eigenvalue weighted by molar-refractivity contribution is 7.99. The van der Waals surface area contributed by atoms with Crippen molar-refractivity contribution in [1.29, 1.82) is 0 Å². The monoisotopic (exact) mass is 235 g/mol. The molecule has 0 fully saturated rings. The number of rotatable bonds is 8. The van der Waals surface area contributed by atoms with Crippen LogP contribution >= 0.6 is 11.8 Å². The Balaban J connectivity index is 3.53. The van der Waals surface area contributed by atoms with Gasteiger partial charge in [0.05, 0.1) is 6.61 Å². The van der Waals surface area contributed by atoms with Crippen molar-refractivity contribution in [1.82, 2.24) is 0 Å². The lowest BCUT2D eigenvalue weighted by Gasteiger charge is -2.12. The molecular formula is C10H21NO3S. The Morgan fingerprint density at radius 3 is 2.73 bits per heavy atom. The van der Waals surface area contributed by atoms with Crippen LogP contribution in [0.1, 0.15) is 26.7 Å². The van der Waals surface area contributed by atoms with Crippen molar-refractivity contribution in [3.63, 3.8) is 0 Å². The van der Waals surface area contributed by atoms with Gasteiger partial charge in [0.25, 0.3) is 0 Å². The molecule has 3 N–H and O–H groups in total. The molecule has 0 saturated heterocycles. The summed E-state index contributed by atoms with van der Waals surface area (Å²) in [5, 5.41) is 9.10. The minimum absolute atomic E-state index is 0.206. The van der Waals surface area contributed by atoms with Gasteiger partial charge in [0.1, 0.15) is 6.04 Å². The van der Waals surface area contributed by atoms with Gasteiger partial charge in [-0.25, -0.2) is 0 Å². The molecule has 0 aliphatic rings. The number of esters is 1. The van der Waals surface area contributed by atoms with Crippen molar-refractivity contribution in [2.45, 2.75) is 38.0 Å². The molecule has 0 aliphatic carbocycles. The van der Waals surface area contributed by atoms with E-state index in [1.165, 1.54) is 0 Å². The van der Waals surface area contributed by atoms with Gasteiger partial charge in [-0.15, -0.1) is 0 Å². The van der Waals surface area contributed by atoms with E-state index < -0.39 is 6.04 Å². The van der Waals surface area contributed by atoms with E-state index in [9.17, 15) is 4.79 Å². The van der Waals surface area contributed by atoms with Gasteiger partial charge in [-0.05, 0) is 25.5 Å². The summed E-state index contributed by atoms with van der Waals surface area (Å²) in [5.41, 5.74) is 5.63. The first-order chi connectivity index (χ1) is 7.11. The van der Waals surface area contributed by atoms with E-state index in [-0.39, 0.29) is 12.6 Å². The van der Waals surface area contributed by atoms with E-state index in [1.807, 2.05) is 0 Å². The van der Waals surface area contributed by atoms with Crippen LogP contribution in [-0.4, -0.2) is 41.3 Å². The summed E-state index contributed by atoms with van der Waals surface area (Å²) in [4.78, 5) is 11.1. The third-order valence-electron chi connectivity index (χ3n) is 1.96. The number of ether oxygens (including phenoxy) is 1. The molecule has 0 amide bonds. The third-order valence-corrected chi connectivity index (χ3v) is 3.23. The lowest BCUT2D eigenvalue weighted by molar-refractivity contribution is -0.144. The van der Waals surface area contributed by atoms with Crippen molar-refractivity contribution in [2.75, 3.05) is 19.0 Å². The maximum absolute atomic E-state index is 11.1. The fourth-order valence-corrected chi connectivity index (χ4v) is 2.09. The maximum atomic E-state index is 11.1. The molecule has 2 atom stereocenters. The Labute approximate surface area is 95.6 Å². The van der Waals surface area contributed by atoms with E-state index in [0.717, 1.165) is 12.2 Å². The average Bonchev–Trinajstić information content (AvgIpc) is 2.18. The molecule has 0 aliphatic heterocycles. The standard InChI is InChI=1S/C10H21NO3S/c1-3-14-10(13)9(11)5-7-15-8(2)4-6-12/h8-9,12H,3-7,11H2,1-2H3. The normalized spacial score (nSPS) is 14.7. The Morgan fingerprint density at radius 1 is 1.53 bits per heavy atom. The van der Waals surface area contributed by atoms with Crippen LogP contribution in [0.15, 0.2) is 0 Å². The number of aliphatic hydroxyl groups excluding tert-OH is 1. The first-order valence-corrected chi connectivity index (χ1v) is 6.31. The van der Waals surface area contributed by atoms with Crippen LogP contribution in [-0.2, 0) is 9.53 Å². The minimum atomic E-state index is -0.515. The molecule has 4 nitrogen and oxygen atoms in total. The first-order valence-electron chi connectivity index (χ1n) is 5.26. The highest BCUT2D eigenvalue weighted by Crippen LogP contribution is 2.15. The van der Waals surface area contributed by atoms with Crippen LogP contribution in [0.2, 0.25) is 0 Å². The molecule has 0 aromatic heterocycles. The number of nitrogens with two attached hydrogens (primary N) is 1. The zero-order chi connectivity index (χ0) is 11.7. The number of hydrogen-bond acceptors (Lipinski definition) is 5. The number of carbonyl (C=O) groups excluding carboxylic acids is 1. The number of carbonyl (C=O) groups is 1. The van der Waals surface area contributed by atoms with Crippen molar-refractivity contribution in [3.8, 4) is 0 Å². The molecular weight excluding hydrogens is 214 g/mol. The molecule has 0 rings (SSSR count). The topological polar surface area (TPSA) is 72.5 Å². The highest BCUT2D eigenvalue weighted by atomic mass is 32.2. The van der Waals surface area contributed by atoms with Gasteiger partial charge in [0.2, 0.25) is 0 Å². The molecule has 0 aromatic carbocycles. The SMILES string of the molecule is CCOC(=O)C(N)CCSC(C)CCO. The van der Waals surface area contributed by atoms with Gasteiger partial charge in [0.15, 0.2) is 0 Å². The molecule has 0 saturated carbocycles. The summed E-state index contributed by atoms with van der Waals surface area (Å²) in [7, 11) is 0. The van der Waals surface area contributed by atoms with Crippen molar-refractivity contribution >= 4 is 17.7 Å². The second-order valence-corrected chi connectivity index (χ2v) is 4.89. The summed E-state index contributed by atoms with van der Waals surface area (Å²) in [5.74, 6) is 0.495. The van der Waals surface area contributed by atoms with Gasteiger partial charge in [-0.2, -0.15) is 11.8 Å². The Morgan fingerprint density at radius 2 is 2.20 bits per heavy atom. The highest BCUT2D eigenvalue weighted by Gasteiger charge is 2.14. The van der Waals surface area contributed by atoms with Crippen LogP contribution < -0.4 is 5.73 Å². The van der Waals surface area contributed by atoms with Crippen LogP contribution in [0.25, 0.3) is 0 Å². The van der Waals surface area contributed by atoms with Crippen LogP contribution in [0, 0.1) is 0 Å². The zero-order valence-corrected chi connectivity index (χ0v) is 10.3. The fraction of sp³-hybridized carbons (Fsp3) is 0.900. The summed E-state index contributed by atoms with van der Waals surface area (Å²) >= 11 is 1.72. The predicted molar refractivity (Wildman–Crippen MR) is 62.8 cm³/mol. The smallest absolute Gasteiger partial charge is 0.322 e. The number of hydrogen-bond donors (Lipinski definition) is 2. The van der Waals surface area contributed by atoms with Gasteiger partial charge >= 0.3 is 5.97 Å². The van der Waals surface area contributed by atoms with Gasteiger partial charge in [-0.3, -0.25) is 4.79 Å². The summed E-state index contributed by atoms with van der Waals surface area (Å²) in [6.07, 6.45) is 1.40. The lowest BCUT2D eigenvalue weighted by Crippen LogP contribution is -2.32. The maximum Gasteiger partial charge on any atom is 0.322 e. The number of thioether (sulfide) groups is 1. The second-order valence-electron chi connectivity index (χ2n) is 3.34. The average molecular weight is 235 g/mol. The van der Waals surface area contributed by atoms with E-state index in [2.05, 4.69) is 6.92 Å². The molecule has 0 radical (unpaired) electrons. The van der Waals surface area contributed by atoms with Gasteiger partial charge < -0.3 is 15.6 Å². The minimum Gasteiger partial charge on any atom is -0.465 e. The van der Waals surface area contributed by atoms with Gasteiger partial charge in [-0.1, -0.05) is 6.92 Å². The van der Waals surface area contributed by atoms with Crippen molar-refractivity contribution < 1.29 is 14.6 Å². The molecule has 15 heavy (non-hydrogen) atoms. The summed E-state index contributed by atoms with van der Waals surface area (Å²) in [6.45, 7) is 4.40. The quantitative estimate of drug-likeness (QED) is 0.608. The Hall–Kier alpha value is -0.260. The summed E-state index contributed by atoms with van der Waals surface area (Å²) < 4.78 is 4.80. The molecule has 0 bridgehead atoms. The van der Waals surface area contributed by atoms with Crippen LogP contribution in [0.3, 0.4) is 0 Å².